The molecule has 0 bridgehead atoms. The summed E-state index contributed by atoms with van der Waals surface area (Å²) >= 11 is 5.93. The van der Waals surface area contributed by atoms with E-state index in [9.17, 15) is 4.79 Å². The Bertz CT molecular complexity index is 1550. The molecule has 6 rings (SSSR count). The smallest absolute Gasteiger partial charge is 0.260 e. The molecule has 8 heteroatoms. The summed E-state index contributed by atoms with van der Waals surface area (Å²) in [5.74, 6) is 1.47. The summed E-state index contributed by atoms with van der Waals surface area (Å²) in [6.07, 6.45) is 3.77. The molecule has 38 heavy (non-hydrogen) atoms. The van der Waals surface area contributed by atoms with Crippen molar-refractivity contribution in [2.75, 3.05) is 37.7 Å². The Labute approximate surface area is 225 Å². The maximum atomic E-state index is 12.8. The Balaban J connectivity index is 1.25. The summed E-state index contributed by atoms with van der Waals surface area (Å²) in [5, 5.41) is 1.64. The lowest BCUT2D eigenvalue weighted by Gasteiger charge is -2.35. The molecule has 7 nitrogen and oxygen atoms in total. The van der Waals surface area contributed by atoms with Gasteiger partial charge in [-0.1, -0.05) is 60.1 Å². The molecule has 0 spiro atoms. The number of aromatic nitrogens is 3. The van der Waals surface area contributed by atoms with E-state index in [0.717, 1.165) is 33.7 Å². The van der Waals surface area contributed by atoms with E-state index in [1.807, 2.05) is 41.3 Å². The van der Waals surface area contributed by atoms with Gasteiger partial charge in [-0.25, -0.2) is 9.97 Å². The van der Waals surface area contributed by atoms with Gasteiger partial charge < -0.3 is 19.1 Å². The van der Waals surface area contributed by atoms with Crippen LogP contribution in [0.5, 0.6) is 5.75 Å². The van der Waals surface area contributed by atoms with E-state index in [1.54, 1.807) is 30.6 Å². The first kappa shape index (κ1) is 24.0. The monoisotopic (exact) mass is 523 g/mol. The van der Waals surface area contributed by atoms with Crippen molar-refractivity contribution in [3.8, 4) is 22.6 Å². The van der Waals surface area contributed by atoms with Gasteiger partial charge >= 0.3 is 0 Å². The maximum absolute atomic E-state index is 12.8. The number of ether oxygens (including phenoxy) is 1. The van der Waals surface area contributed by atoms with E-state index in [0.29, 0.717) is 37.0 Å². The second-order valence-electron chi connectivity index (χ2n) is 9.12. The highest BCUT2D eigenvalue weighted by Gasteiger charge is 2.26. The minimum atomic E-state index is -0.0346. The van der Waals surface area contributed by atoms with Gasteiger partial charge in [0.1, 0.15) is 17.9 Å². The molecule has 5 aromatic rings. The molecule has 1 aliphatic heterocycles. The third kappa shape index (κ3) is 4.80. The largest absolute Gasteiger partial charge is 0.484 e. The Morgan fingerprint density at radius 3 is 2.24 bits per heavy atom. The van der Waals surface area contributed by atoms with Crippen molar-refractivity contribution < 1.29 is 9.53 Å². The second kappa shape index (κ2) is 10.6. The van der Waals surface area contributed by atoms with E-state index in [2.05, 4.69) is 39.9 Å². The zero-order chi connectivity index (χ0) is 25.9. The van der Waals surface area contributed by atoms with Crippen molar-refractivity contribution in [1.29, 1.82) is 0 Å². The van der Waals surface area contributed by atoms with Gasteiger partial charge in [0.25, 0.3) is 5.91 Å². The van der Waals surface area contributed by atoms with Crippen molar-refractivity contribution >= 4 is 34.4 Å². The summed E-state index contributed by atoms with van der Waals surface area (Å²) in [6, 6.07) is 27.6. The minimum absolute atomic E-state index is 0.00251. The van der Waals surface area contributed by atoms with E-state index in [-0.39, 0.29) is 12.5 Å². The number of rotatable bonds is 6. The molecule has 0 radical (unpaired) electrons. The molecule has 1 saturated heterocycles. The van der Waals surface area contributed by atoms with Crippen LogP contribution in [0.4, 0.5) is 5.82 Å². The number of halogens is 1. The van der Waals surface area contributed by atoms with Gasteiger partial charge in [0.05, 0.1) is 5.39 Å². The number of hydrogen-bond acceptors (Lipinski definition) is 5. The maximum Gasteiger partial charge on any atom is 0.260 e. The third-order valence-electron chi connectivity index (χ3n) is 6.79. The van der Waals surface area contributed by atoms with Crippen molar-refractivity contribution in [2.24, 2.45) is 0 Å². The summed E-state index contributed by atoms with van der Waals surface area (Å²) in [7, 11) is 0. The molecule has 0 aliphatic carbocycles. The van der Waals surface area contributed by atoms with E-state index < -0.39 is 0 Å². The van der Waals surface area contributed by atoms with Crippen LogP contribution in [-0.2, 0) is 4.79 Å². The predicted molar refractivity (Wildman–Crippen MR) is 150 cm³/mol. The standard InChI is InChI=1S/C30H26ClN5O2/c31-23-11-13-25(14-12-23)38-20-27(37)34-15-17-35(18-16-34)29-28-26(22-7-3-1-4-8-22)19-36(30(28)33-21-32-29)24-9-5-2-6-10-24/h1-14,19,21H,15-18,20H2. The molecule has 0 atom stereocenters. The van der Waals surface area contributed by atoms with E-state index in [4.69, 9.17) is 26.3 Å². The number of carbonyl (C=O) groups is 1. The van der Waals surface area contributed by atoms with Crippen LogP contribution in [0.1, 0.15) is 0 Å². The molecule has 3 heterocycles. The molecule has 0 saturated carbocycles. The molecule has 0 unspecified atom stereocenters. The van der Waals surface area contributed by atoms with Gasteiger partial charge in [-0.2, -0.15) is 0 Å². The molecule has 3 aromatic carbocycles. The fourth-order valence-electron chi connectivity index (χ4n) is 4.84. The Morgan fingerprint density at radius 1 is 0.842 bits per heavy atom. The number of fused-ring (bicyclic) bond motifs is 1. The average Bonchev–Trinajstić information content (AvgIpc) is 3.38. The number of amides is 1. The minimum Gasteiger partial charge on any atom is -0.484 e. The second-order valence-corrected chi connectivity index (χ2v) is 9.56. The topological polar surface area (TPSA) is 63.5 Å². The number of para-hydroxylation sites is 1. The average molecular weight is 524 g/mol. The van der Waals surface area contributed by atoms with Crippen LogP contribution in [0.3, 0.4) is 0 Å². The van der Waals surface area contributed by atoms with Crippen molar-refractivity contribution in [1.82, 2.24) is 19.4 Å². The van der Waals surface area contributed by atoms with Crippen LogP contribution in [0, 0.1) is 0 Å². The number of nitrogens with zero attached hydrogens (tertiary/aromatic N) is 5. The molecule has 0 N–H and O–H groups in total. The van der Waals surface area contributed by atoms with Crippen LogP contribution in [0.15, 0.2) is 97.5 Å². The molecule has 1 amide bonds. The molecular formula is C30H26ClN5O2. The molecule has 1 fully saturated rings. The van der Waals surface area contributed by atoms with Crippen LogP contribution < -0.4 is 9.64 Å². The lowest BCUT2D eigenvalue weighted by molar-refractivity contribution is -0.133. The number of benzene rings is 3. The summed E-state index contributed by atoms with van der Waals surface area (Å²) in [6.45, 7) is 2.52. The van der Waals surface area contributed by atoms with Crippen LogP contribution in [-0.4, -0.2) is 58.1 Å². The summed E-state index contributed by atoms with van der Waals surface area (Å²) in [5.41, 5.74) is 4.08. The summed E-state index contributed by atoms with van der Waals surface area (Å²) < 4.78 is 7.79. The predicted octanol–water partition coefficient (Wildman–Crippen LogP) is 5.47. The van der Waals surface area contributed by atoms with Gasteiger partial charge in [0.2, 0.25) is 0 Å². The van der Waals surface area contributed by atoms with Crippen LogP contribution in [0.25, 0.3) is 27.8 Å². The number of piperazine rings is 1. The third-order valence-corrected chi connectivity index (χ3v) is 7.04. The molecular weight excluding hydrogens is 498 g/mol. The van der Waals surface area contributed by atoms with Gasteiger partial charge in [0, 0.05) is 48.6 Å². The highest BCUT2D eigenvalue weighted by atomic mass is 35.5. The molecule has 2 aromatic heterocycles. The van der Waals surface area contributed by atoms with Crippen molar-refractivity contribution in [3.05, 3.63) is 102 Å². The first-order valence-corrected chi connectivity index (χ1v) is 12.9. The lowest BCUT2D eigenvalue weighted by atomic mass is 10.1. The summed E-state index contributed by atoms with van der Waals surface area (Å²) in [4.78, 5) is 26.3. The zero-order valence-corrected chi connectivity index (χ0v) is 21.5. The van der Waals surface area contributed by atoms with Gasteiger partial charge in [-0.3, -0.25) is 4.79 Å². The van der Waals surface area contributed by atoms with Crippen LogP contribution in [0.2, 0.25) is 5.02 Å². The van der Waals surface area contributed by atoms with Crippen molar-refractivity contribution in [3.63, 3.8) is 0 Å². The van der Waals surface area contributed by atoms with E-state index in [1.165, 1.54) is 0 Å². The Hall–Kier alpha value is -4.36. The Kier molecular flexibility index (Phi) is 6.67. The number of anilines is 1. The normalized spacial score (nSPS) is 13.6. The highest BCUT2D eigenvalue weighted by molar-refractivity contribution is 6.30. The van der Waals surface area contributed by atoms with Gasteiger partial charge in [-0.05, 0) is 42.0 Å². The highest BCUT2D eigenvalue weighted by Crippen LogP contribution is 2.37. The van der Waals surface area contributed by atoms with Crippen LogP contribution >= 0.6 is 11.6 Å². The number of hydrogen-bond donors (Lipinski definition) is 0. The van der Waals surface area contributed by atoms with E-state index >= 15 is 0 Å². The zero-order valence-electron chi connectivity index (χ0n) is 20.7. The number of carbonyl (C=O) groups excluding carboxylic acids is 1. The fraction of sp³-hybridized carbons (Fsp3) is 0.167. The van der Waals surface area contributed by atoms with Gasteiger partial charge in [0.15, 0.2) is 12.3 Å². The quantitative estimate of drug-likeness (QED) is 0.295. The first-order valence-electron chi connectivity index (χ1n) is 12.6. The first-order chi connectivity index (χ1) is 18.7. The fourth-order valence-corrected chi connectivity index (χ4v) is 4.97. The van der Waals surface area contributed by atoms with Crippen molar-refractivity contribution in [2.45, 2.75) is 0 Å². The molecule has 1 aliphatic rings. The lowest BCUT2D eigenvalue weighted by Crippen LogP contribution is -2.50. The Morgan fingerprint density at radius 2 is 1.53 bits per heavy atom. The SMILES string of the molecule is O=C(COc1ccc(Cl)cc1)N1CCN(c2ncnc3c2c(-c2ccccc2)cn3-c2ccccc2)CC1. The van der Waals surface area contributed by atoms with Gasteiger partial charge in [-0.15, -0.1) is 0 Å². The molecule has 190 valence electrons.